The van der Waals surface area contributed by atoms with Crippen molar-refractivity contribution in [1.82, 2.24) is 0 Å². The largest absolute Gasteiger partial charge is 0.399 e. The molecule has 0 aromatic heterocycles. The molecule has 0 aliphatic heterocycles. The van der Waals surface area contributed by atoms with Crippen LogP contribution < -0.4 is 0 Å². The summed E-state index contributed by atoms with van der Waals surface area (Å²) < 4.78 is 0. The number of azo groups is 2. The quantitative estimate of drug-likeness (QED) is 0.168. The summed E-state index contributed by atoms with van der Waals surface area (Å²) in [4.78, 5) is 15.0. The molecular formula is C26H28ClN5O2. The lowest BCUT2D eigenvalue weighted by atomic mass is 10.1. The van der Waals surface area contributed by atoms with Gasteiger partial charge in [0.25, 0.3) is 0 Å². The van der Waals surface area contributed by atoms with Crippen LogP contribution in [0.3, 0.4) is 0 Å². The van der Waals surface area contributed by atoms with Crippen molar-refractivity contribution >= 4 is 35.0 Å². The van der Waals surface area contributed by atoms with Crippen molar-refractivity contribution in [1.29, 1.82) is 0 Å². The highest BCUT2D eigenvalue weighted by molar-refractivity contribution is 6.30. The molecule has 0 saturated carbocycles. The van der Waals surface area contributed by atoms with Crippen molar-refractivity contribution in [2.45, 2.75) is 20.3 Å². The van der Waals surface area contributed by atoms with Crippen LogP contribution >= 0.6 is 11.6 Å². The van der Waals surface area contributed by atoms with Gasteiger partial charge in [-0.3, -0.25) is 0 Å². The molecule has 1 aliphatic carbocycles. The smallest absolute Gasteiger partial charge is 0.124 e. The van der Waals surface area contributed by atoms with Crippen LogP contribution in [0.5, 0.6) is 0 Å². The van der Waals surface area contributed by atoms with Gasteiger partial charge in [-0.15, -0.1) is 0 Å². The van der Waals surface area contributed by atoms with E-state index in [2.05, 4.69) is 25.6 Å². The molecule has 34 heavy (non-hydrogen) atoms. The predicted molar refractivity (Wildman–Crippen MR) is 138 cm³/mol. The van der Waals surface area contributed by atoms with Gasteiger partial charge in [-0.25, -0.2) is 0 Å². The Labute approximate surface area is 205 Å². The van der Waals surface area contributed by atoms with E-state index in [0.29, 0.717) is 11.4 Å². The zero-order valence-corrected chi connectivity index (χ0v) is 20.7. The van der Waals surface area contributed by atoms with Crippen molar-refractivity contribution in [3.8, 4) is 11.1 Å². The third-order valence-corrected chi connectivity index (χ3v) is 4.90. The molecule has 0 amide bonds. The van der Waals surface area contributed by atoms with Crippen LogP contribution in [0.25, 0.3) is 11.1 Å². The summed E-state index contributed by atoms with van der Waals surface area (Å²) >= 11 is 5.62. The van der Waals surface area contributed by atoms with Crippen LogP contribution in [0, 0.1) is 0 Å². The summed E-state index contributed by atoms with van der Waals surface area (Å²) in [6.45, 7) is 4.00. The minimum Gasteiger partial charge on any atom is -0.399 e. The molecule has 0 bridgehead atoms. The zero-order valence-electron chi connectivity index (χ0n) is 20.0. The summed E-state index contributed by atoms with van der Waals surface area (Å²) in [6.07, 6.45) is 1.35. The van der Waals surface area contributed by atoms with Crippen LogP contribution in [0.15, 0.2) is 86.3 Å². The summed E-state index contributed by atoms with van der Waals surface area (Å²) in [5.74, 6) is 0. The van der Waals surface area contributed by atoms with Gasteiger partial charge in [0.1, 0.15) is 19.1 Å². The van der Waals surface area contributed by atoms with Gasteiger partial charge in [-0.05, 0) is 53.1 Å². The number of nitrogens with zero attached hydrogens (tertiary/aromatic N) is 5. The van der Waals surface area contributed by atoms with Gasteiger partial charge >= 0.3 is 0 Å². The van der Waals surface area contributed by atoms with Crippen molar-refractivity contribution in [3.63, 3.8) is 0 Å². The van der Waals surface area contributed by atoms with E-state index >= 15 is 0 Å². The first-order valence-electron chi connectivity index (χ1n) is 10.8. The average molecular weight is 478 g/mol. The highest BCUT2D eigenvalue weighted by atomic mass is 35.5. The molecule has 0 spiro atoms. The number of fused-ring (bicyclic) bond motifs is 3. The van der Waals surface area contributed by atoms with E-state index in [1.807, 2.05) is 62.4 Å². The minimum absolute atomic E-state index is 0.469. The lowest BCUT2D eigenvalue weighted by molar-refractivity contribution is -0.107. The van der Waals surface area contributed by atoms with Crippen LogP contribution in [0.4, 0.5) is 11.4 Å². The first-order valence-corrected chi connectivity index (χ1v) is 11.2. The van der Waals surface area contributed by atoms with Gasteiger partial charge in [0, 0.05) is 36.7 Å². The Morgan fingerprint density at radius 2 is 1.29 bits per heavy atom. The van der Waals surface area contributed by atoms with E-state index in [1.165, 1.54) is 7.11 Å². The number of rotatable bonds is 5. The number of carbonyl (C=O) groups excluding carboxylic acids is 1. The Morgan fingerprint density at radius 3 is 1.71 bits per heavy atom. The zero-order chi connectivity index (χ0) is 24.9. The van der Waals surface area contributed by atoms with E-state index in [1.54, 1.807) is 26.2 Å². The molecule has 3 aromatic carbocycles. The maximum atomic E-state index is 10.0. The standard InChI is InChI=1S/C16H15N5O.C8H7ClO.C2H6/c1-17-19-10-4-6-12-13-7-5-11(20-18-2)9-15(13)16(21-22-3)14(12)8-10;9-8-3-1-7(2-4-8)5-6-10;1-2/h4-9H,1-3H3;1-4,6H,5H2;1-2H3. The normalized spacial score (nSPS) is 11.2. The summed E-state index contributed by atoms with van der Waals surface area (Å²) in [5.41, 5.74) is 7.49. The van der Waals surface area contributed by atoms with Gasteiger partial charge in [0.05, 0.1) is 11.4 Å². The first-order chi connectivity index (χ1) is 16.6. The van der Waals surface area contributed by atoms with E-state index < -0.39 is 0 Å². The van der Waals surface area contributed by atoms with Crippen LogP contribution in [-0.2, 0) is 16.1 Å². The molecule has 0 N–H and O–H groups in total. The highest BCUT2D eigenvalue weighted by Gasteiger charge is 2.26. The Balaban J connectivity index is 0.000000286. The first kappa shape index (κ1) is 26.5. The lowest BCUT2D eigenvalue weighted by Gasteiger charge is -2.01. The third kappa shape index (κ3) is 6.65. The second kappa shape index (κ2) is 13.7. The number of carbonyl (C=O) groups is 1. The van der Waals surface area contributed by atoms with Crippen molar-refractivity contribution < 1.29 is 9.63 Å². The second-order valence-corrected chi connectivity index (χ2v) is 7.12. The summed E-state index contributed by atoms with van der Waals surface area (Å²) in [6, 6.07) is 19.1. The van der Waals surface area contributed by atoms with Crippen molar-refractivity contribution in [2.75, 3.05) is 21.2 Å². The summed E-state index contributed by atoms with van der Waals surface area (Å²) in [5, 5.41) is 20.7. The number of hydrogen-bond acceptors (Lipinski definition) is 7. The molecule has 4 rings (SSSR count). The Kier molecular flexibility index (Phi) is 10.7. The van der Waals surface area contributed by atoms with Gasteiger partial charge in [-0.1, -0.05) is 54.9 Å². The Bertz CT molecular complexity index is 1120. The maximum Gasteiger partial charge on any atom is 0.124 e. The van der Waals surface area contributed by atoms with E-state index in [-0.39, 0.29) is 0 Å². The van der Waals surface area contributed by atoms with E-state index in [9.17, 15) is 4.79 Å². The number of benzene rings is 3. The van der Waals surface area contributed by atoms with Crippen LogP contribution in [-0.4, -0.2) is 33.2 Å². The predicted octanol–water partition coefficient (Wildman–Crippen LogP) is 7.60. The fraction of sp³-hybridized carbons (Fsp3) is 0.231. The second-order valence-electron chi connectivity index (χ2n) is 6.68. The van der Waals surface area contributed by atoms with E-state index in [0.717, 1.165) is 51.2 Å². The number of halogens is 1. The minimum atomic E-state index is 0.469. The SMILES string of the molecule is CC.CN=Nc1ccc2c(c1)C(=NOC)c1cc(N=NC)ccc1-2.O=CCc1ccc(Cl)cc1. The number of hydrogen-bond donors (Lipinski definition) is 0. The number of oxime groups is 1. The molecule has 0 unspecified atom stereocenters. The lowest BCUT2D eigenvalue weighted by Crippen LogP contribution is -1.98. The van der Waals surface area contributed by atoms with Gasteiger partial charge in [0.15, 0.2) is 0 Å². The van der Waals surface area contributed by atoms with Gasteiger partial charge in [0.2, 0.25) is 0 Å². The fourth-order valence-corrected chi connectivity index (χ4v) is 3.46. The molecule has 7 nitrogen and oxygen atoms in total. The highest BCUT2D eigenvalue weighted by Crippen LogP contribution is 2.40. The van der Waals surface area contributed by atoms with Crippen LogP contribution in [0.1, 0.15) is 30.5 Å². The van der Waals surface area contributed by atoms with Gasteiger partial charge < -0.3 is 9.63 Å². The Morgan fingerprint density at radius 1 is 0.794 bits per heavy atom. The molecule has 8 heteroatoms. The number of aldehydes is 1. The molecule has 176 valence electrons. The van der Waals surface area contributed by atoms with E-state index in [4.69, 9.17) is 16.4 Å². The van der Waals surface area contributed by atoms with Crippen LogP contribution in [0.2, 0.25) is 5.02 Å². The monoisotopic (exact) mass is 477 g/mol. The Hall–Kier alpha value is -3.71. The molecule has 3 aromatic rings. The van der Waals surface area contributed by atoms with Crippen molar-refractivity contribution in [3.05, 3.63) is 82.4 Å². The van der Waals surface area contributed by atoms with Gasteiger partial charge in [-0.2, -0.15) is 20.5 Å². The molecule has 0 radical (unpaired) electrons. The molecule has 0 fully saturated rings. The maximum absolute atomic E-state index is 10.0. The molecule has 0 saturated heterocycles. The molecular weight excluding hydrogens is 450 g/mol. The molecule has 1 aliphatic rings. The molecule has 0 heterocycles. The topological polar surface area (TPSA) is 88.1 Å². The molecule has 0 atom stereocenters. The fourth-order valence-electron chi connectivity index (χ4n) is 3.33. The average Bonchev–Trinajstić information content (AvgIpc) is 3.15. The van der Waals surface area contributed by atoms with Crippen molar-refractivity contribution in [2.24, 2.45) is 25.6 Å². The third-order valence-electron chi connectivity index (χ3n) is 4.65. The summed E-state index contributed by atoms with van der Waals surface area (Å²) in [7, 11) is 4.83.